The second kappa shape index (κ2) is 2.27. The summed E-state index contributed by atoms with van der Waals surface area (Å²) in [5.41, 5.74) is 0. The van der Waals surface area contributed by atoms with Crippen molar-refractivity contribution in [2.24, 2.45) is 0 Å². The highest BCUT2D eigenvalue weighted by Crippen LogP contribution is 2.25. The first-order chi connectivity index (χ1) is 4.17. The summed E-state index contributed by atoms with van der Waals surface area (Å²) in [5.74, 6) is 0. The largest absolute Gasteiger partial charge is 0.230 e. The van der Waals surface area contributed by atoms with Crippen molar-refractivity contribution in [2.45, 2.75) is 24.5 Å². The van der Waals surface area contributed by atoms with Crippen LogP contribution in [0, 0.1) is 0 Å². The number of sulfonamides is 1. The molecule has 1 saturated carbocycles. The molecule has 53 valence electrons. The van der Waals surface area contributed by atoms with Crippen molar-refractivity contribution in [3.63, 3.8) is 0 Å². The summed E-state index contributed by atoms with van der Waals surface area (Å²) in [6, 6.07) is 0. The number of rotatable bonds is 2. The SMILES string of the molecule is C[N]S(=O)(=O)C1CCC1. The predicted octanol–water partition coefficient (Wildman–Crippen LogP) is 0.103. The third-order valence-corrected chi connectivity index (χ3v) is 3.55. The maximum atomic E-state index is 10.8. The minimum atomic E-state index is -3.04. The van der Waals surface area contributed by atoms with Gasteiger partial charge in [0.15, 0.2) is 0 Å². The Morgan fingerprint density at radius 2 is 2.00 bits per heavy atom. The Balaban J connectivity index is 2.59. The smallest absolute Gasteiger partial charge is 0.211 e. The van der Waals surface area contributed by atoms with Crippen LogP contribution in [0.15, 0.2) is 0 Å². The first-order valence-electron chi connectivity index (χ1n) is 3.02. The van der Waals surface area contributed by atoms with Gasteiger partial charge in [0.1, 0.15) is 0 Å². The van der Waals surface area contributed by atoms with Gasteiger partial charge >= 0.3 is 0 Å². The van der Waals surface area contributed by atoms with E-state index in [1.807, 2.05) is 0 Å². The lowest BCUT2D eigenvalue weighted by atomic mass is 10.0. The highest BCUT2D eigenvalue weighted by atomic mass is 32.2. The van der Waals surface area contributed by atoms with E-state index in [1.54, 1.807) is 0 Å². The van der Waals surface area contributed by atoms with E-state index in [2.05, 4.69) is 4.72 Å². The van der Waals surface area contributed by atoms with Gasteiger partial charge in [-0.3, -0.25) is 0 Å². The van der Waals surface area contributed by atoms with Crippen LogP contribution in [0.1, 0.15) is 19.3 Å². The van der Waals surface area contributed by atoms with Crippen LogP contribution in [0.25, 0.3) is 0 Å². The van der Waals surface area contributed by atoms with Gasteiger partial charge in [-0.2, -0.15) is 0 Å². The maximum absolute atomic E-state index is 10.8. The van der Waals surface area contributed by atoms with E-state index in [9.17, 15) is 8.42 Å². The van der Waals surface area contributed by atoms with E-state index in [-0.39, 0.29) is 5.25 Å². The molecular weight excluding hydrogens is 138 g/mol. The first-order valence-corrected chi connectivity index (χ1v) is 4.52. The second-order valence-corrected chi connectivity index (χ2v) is 4.31. The van der Waals surface area contributed by atoms with Crippen LogP contribution in [-0.2, 0) is 10.0 Å². The number of hydrogen-bond donors (Lipinski definition) is 0. The van der Waals surface area contributed by atoms with Crippen molar-refractivity contribution in [1.29, 1.82) is 0 Å². The van der Waals surface area contributed by atoms with Gasteiger partial charge in [-0.1, -0.05) is 6.42 Å². The average Bonchev–Trinajstić information content (AvgIpc) is 1.60. The zero-order valence-corrected chi connectivity index (χ0v) is 6.19. The molecule has 0 bridgehead atoms. The summed E-state index contributed by atoms with van der Waals surface area (Å²) in [5, 5.41) is -0.150. The van der Waals surface area contributed by atoms with Crippen LogP contribution >= 0.6 is 0 Å². The van der Waals surface area contributed by atoms with Crippen LogP contribution < -0.4 is 4.72 Å². The Hall–Kier alpha value is -0.0900. The zero-order chi connectivity index (χ0) is 6.91. The molecule has 0 heterocycles. The monoisotopic (exact) mass is 148 g/mol. The molecule has 1 fully saturated rings. The molecule has 1 aliphatic carbocycles. The Bertz CT molecular complexity index is 181. The fourth-order valence-corrected chi connectivity index (χ4v) is 2.04. The molecule has 0 aromatic rings. The lowest BCUT2D eigenvalue weighted by Gasteiger charge is -2.23. The standard InChI is InChI=1S/C5H10NO2S/c1-6-9(7,8)5-3-2-4-5/h5H,2-4H2,1H3. The average molecular weight is 148 g/mol. The van der Waals surface area contributed by atoms with Gasteiger partial charge in [0.25, 0.3) is 0 Å². The van der Waals surface area contributed by atoms with Gasteiger partial charge in [-0.25, -0.2) is 8.42 Å². The van der Waals surface area contributed by atoms with Gasteiger partial charge in [0, 0.05) is 7.05 Å². The van der Waals surface area contributed by atoms with E-state index < -0.39 is 10.0 Å². The van der Waals surface area contributed by atoms with Gasteiger partial charge in [0.05, 0.1) is 5.25 Å². The lowest BCUT2D eigenvalue weighted by molar-refractivity contribution is 0.471. The van der Waals surface area contributed by atoms with Crippen molar-refractivity contribution in [1.82, 2.24) is 4.72 Å². The lowest BCUT2D eigenvalue weighted by Crippen LogP contribution is -2.32. The third kappa shape index (κ3) is 1.24. The van der Waals surface area contributed by atoms with Crippen LogP contribution in [0.4, 0.5) is 0 Å². The molecule has 4 heteroatoms. The topological polar surface area (TPSA) is 48.2 Å². The van der Waals surface area contributed by atoms with E-state index in [0.717, 1.165) is 19.3 Å². The third-order valence-electron chi connectivity index (χ3n) is 1.73. The highest BCUT2D eigenvalue weighted by Gasteiger charge is 2.30. The molecule has 1 rings (SSSR count). The normalized spacial score (nSPS) is 21.4. The summed E-state index contributed by atoms with van der Waals surface area (Å²) in [6.45, 7) is 0. The Kier molecular flexibility index (Phi) is 1.77. The number of nitrogens with zero attached hydrogens (tertiary/aromatic N) is 1. The zero-order valence-electron chi connectivity index (χ0n) is 5.37. The summed E-state index contributed by atoms with van der Waals surface area (Å²) < 4.78 is 24.9. The maximum Gasteiger partial charge on any atom is 0.230 e. The molecule has 0 aromatic heterocycles. The highest BCUT2D eigenvalue weighted by molar-refractivity contribution is 7.90. The van der Waals surface area contributed by atoms with E-state index in [1.165, 1.54) is 7.05 Å². The summed E-state index contributed by atoms with van der Waals surface area (Å²) in [6.07, 6.45) is 2.65. The van der Waals surface area contributed by atoms with Crippen molar-refractivity contribution < 1.29 is 8.42 Å². The molecular formula is C5H10NO2S. The predicted molar refractivity (Wildman–Crippen MR) is 34.6 cm³/mol. The van der Waals surface area contributed by atoms with Crippen LogP contribution in [0.3, 0.4) is 0 Å². The Morgan fingerprint density at radius 3 is 2.11 bits per heavy atom. The molecule has 0 atom stereocenters. The van der Waals surface area contributed by atoms with Crippen LogP contribution in [0.5, 0.6) is 0 Å². The number of hydrogen-bond acceptors (Lipinski definition) is 2. The molecule has 1 aliphatic rings. The summed E-state index contributed by atoms with van der Waals surface area (Å²) in [7, 11) is -1.70. The molecule has 0 aliphatic heterocycles. The molecule has 9 heavy (non-hydrogen) atoms. The van der Waals surface area contributed by atoms with Gasteiger partial charge in [0.2, 0.25) is 10.0 Å². The molecule has 1 radical (unpaired) electrons. The fourth-order valence-electron chi connectivity index (χ4n) is 0.818. The second-order valence-electron chi connectivity index (χ2n) is 2.25. The van der Waals surface area contributed by atoms with Crippen molar-refractivity contribution >= 4 is 10.0 Å². The quantitative estimate of drug-likeness (QED) is 0.557. The van der Waals surface area contributed by atoms with Crippen molar-refractivity contribution in [3.05, 3.63) is 0 Å². The molecule has 0 aromatic carbocycles. The Labute approximate surface area is 55.5 Å². The minimum absolute atomic E-state index is 0.150. The summed E-state index contributed by atoms with van der Waals surface area (Å²) in [4.78, 5) is 0. The van der Waals surface area contributed by atoms with Crippen LogP contribution in [-0.4, -0.2) is 20.7 Å². The molecule has 0 amide bonds. The van der Waals surface area contributed by atoms with Crippen molar-refractivity contribution in [2.75, 3.05) is 7.05 Å². The van der Waals surface area contributed by atoms with Gasteiger partial charge in [-0.05, 0) is 12.8 Å². The Morgan fingerprint density at radius 1 is 1.44 bits per heavy atom. The summed E-state index contributed by atoms with van der Waals surface area (Å²) >= 11 is 0. The first kappa shape index (κ1) is 7.02. The van der Waals surface area contributed by atoms with Gasteiger partial charge < -0.3 is 0 Å². The fraction of sp³-hybridized carbons (Fsp3) is 1.00. The van der Waals surface area contributed by atoms with Gasteiger partial charge in [-0.15, -0.1) is 4.72 Å². The van der Waals surface area contributed by atoms with E-state index in [0.29, 0.717) is 0 Å². The van der Waals surface area contributed by atoms with Crippen LogP contribution in [0.2, 0.25) is 0 Å². The van der Waals surface area contributed by atoms with Crippen molar-refractivity contribution in [3.8, 4) is 0 Å². The molecule has 0 N–H and O–H groups in total. The molecule has 3 nitrogen and oxygen atoms in total. The van der Waals surface area contributed by atoms with E-state index in [4.69, 9.17) is 0 Å². The molecule has 0 spiro atoms. The minimum Gasteiger partial charge on any atom is -0.211 e. The molecule has 0 unspecified atom stereocenters. The molecule has 0 saturated heterocycles. The van der Waals surface area contributed by atoms with E-state index >= 15 is 0 Å².